The van der Waals surface area contributed by atoms with E-state index in [4.69, 9.17) is 4.74 Å². The summed E-state index contributed by atoms with van der Waals surface area (Å²) in [7, 11) is 3.37. The number of carbonyl (C=O) groups is 2. The smallest absolute Gasteiger partial charge is 0.412 e. The first kappa shape index (κ1) is 22.5. The normalized spacial score (nSPS) is 13.1. The van der Waals surface area contributed by atoms with Gasteiger partial charge < -0.3 is 9.64 Å². The Labute approximate surface area is 184 Å². The maximum absolute atomic E-state index is 12.9. The lowest BCUT2D eigenvalue weighted by molar-refractivity contribution is 0.0636. The van der Waals surface area contributed by atoms with Gasteiger partial charge in [-0.1, -0.05) is 18.6 Å². The highest BCUT2D eigenvalue weighted by Crippen LogP contribution is 2.36. The summed E-state index contributed by atoms with van der Waals surface area (Å²) in [5, 5.41) is 2.71. The number of amides is 2. The van der Waals surface area contributed by atoms with E-state index in [-0.39, 0.29) is 5.91 Å². The number of hydrogen-bond donors (Lipinski definition) is 1. The van der Waals surface area contributed by atoms with Gasteiger partial charge in [0.15, 0.2) is 0 Å². The van der Waals surface area contributed by atoms with E-state index >= 15 is 0 Å². The monoisotopic (exact) mass is 421 g/mol. The minimum atomic E-state index is -0.630. The molecule has 164 valence electrons. The van der Waals surface area contributed by atoms with Crippen molar-refractivity contribution in [2.75, 3.05) is 19.4 Å². The summed E-state index contributed by atoms with van der Waals surface area (Å²) in [6.45, 7) is 9.70. The molecule has 1 N–H and O–H groups in total. The number of nitrogens with zero attached hydrogens (tertiary/aromatic N) is 2. The highest BCUT2D eigenvalue weighted by Gasteiger charge is 2.22. The first-order valence-corrected chi connectivity index (χ1v) is 10.5. The Kier molecular flexibility index (Phi) is 6.20. The molecule has 3 rings (SSSR count). The molecule has 1 aromatic heterocycles. The first-order chi connectivity index (χ1) is 14.5. The number of benzene rings is 1. The molecule has 0 spiro atoms. The Hall–Kier alpha value is -3.15. The fourth-order valence-electron chi connectivity index (χ4n) is 3.80. The van der Waals surface area contributed by atoms with Crippen LogP contribution in [0.4, 0.5) is 10.5 Å². The molecule has 1 aliphatic rings. The van der Waals surface area contributed by atoms with E-state index in [1.807, 2.05) is 12.3 Å². The first-order valence-electron chi connectivity index (χ1n) is 10.5. The van der Waals surface area contributed by atoms with Crippen molar-refractivity contribution in [3.63, 3.8) is 0 Å². The zero-order chi connectivity index (χ0) is 22.9. The Balaban J connectivity index is 2.00. The second-order valence-electron chi connectivity index (χ2n) is 9.09. The van der Waals surface area contributed by atoms with E-state index in [1.165, 1.54) is 21.6 Å². The van der Waals surface area contributed by atoms with Gasteiger partial charge in [0.1, 0.15) is 5.60 Å². The highest BCUT2D eigenvalue weighted by molar-refractivity contribution is 6.03. The molecule has 0 aliphatic heterocycles. The maximum Gasteiger partial charge on any atom is 0.412 e. The lowest BCUT2D eigenvalue weighted by atomic mass is 9.98. The molecule has 0 atom stereocenters. The quantitative estimate of drug-likeness (QED) is 0.704. The molecule has 1 heterocycles. The van der Waals surface area contributed by atoms with Crippen LogP contribution in [0.2, 0.25) is 0 Å². The number of hydrogen-bond acceptors (Lipinski definition) is 4. The molecule has 0 radical (unpaired) electrons. The summed E-state index contributed by atoms with van der Waals surface area (Å²) in [5.41, 5.74) is 6.99. The molecular formula is C25H31N3O3. The van der Waals surface area contributed by atoms with Crippen molar-refractivity contribution in [1.29, 1.82) is 0 Å². The van der Waals surface area contributed by atoms with Crippen LogP contribution in [0.25, 0.3) is 16.7 Å². The Morgan fingerprint density at radius 3 is 2.48 bits per heavy atom. The molecule has 0 saturated carbocycles. The van der Waals surface area contributed by atoms with Crippen molar-refractivity contribution >= 4 is 23.3 Å². The minimum absolute atomic E-state index is 0.202. The molecule has 2 aromatic rings. The van der Waals surface area contributed by atoms with Gasteiger partial charge in [-0.15, -0.1) is 0 Å². The number of ether oxygens (including phenoxy) is 1. The SMILES string of the molecule is CCC1=C(C)Cc2ncc(-c3ccc(NC(=O)OC(C)(C)C)c(C(=O)N(C)C)c3)cc21. The summed E-state index contributed by atoms with van der Waals surface area (Å²) >= 11 is 0. The zero-order valence-corrected chi connectivity index (χ0v) is 19.4. The maximum atomic E-state index is 12.9. The summed E-state index contributed by atoms with van der Waals surface area (Å²) in [6, 6.07) is 7.58. The van der Waals surface area contributed by atoms with Crippen LogP contribution in [0.1, 0.15) is 62.7 Å². The number of fused-ring (bicyclic) bond motifs is 1. The van der Waals surface area contributed by atoms with E-state index in [9.17, 15) is 9.59 Å². The van der Waals surface area contributed by atoms with E-state index in [0.29, 0.717) is 11.3 Å². The molecule has 6 nitrogen and oxygen atoms in total. The third-order valence-corrected chi connectivity index (χ3v) is 5.22. The lowest BCUT2D eigenvalue weighted by Gasteiger charge is -2.21. The minimum Gasteiger partial charge on any atom is -0.444 e. The molecule has 2 amide bonds. The summed E-state index contributed by atoms with van der Waals surface area (Å²) in [4.78, 5) is 31.3. The molecule has 0 bridgehead atoms. The predicted octanol–water partition coefficient (Wildman–Crippen LogP) is 5.54. The van der Waals surface area contributed by atoms with Gasteiger partial charge in [0.25, 0.3) is 5.91 Å². The van der Waals surface area contributed by atoms with Crippen molar-refractivity contribution < 1.29 is 14.3 Å². The third-order valence-electron chi connectivity index (χ3n) is 5.22. The van der Waals surface area contributed by atoms with E-state index in [0.717, 1.165) is 29.7 Å². The summed E-state index contributed by atoms with van der Waals surface area (Å²) in [6.07, 6.45) is 3.11. The van der Waals surface area contributed by atoms with Crippen LogP contribution >= 0.6 is 0 Å². The van der Waals surface area contributed by atoms with Gasteiger partial charge in [0.05, 0.1) is 16.9 Å². The van der Waals surface area contributed by atoms with E-state index in [2.05, 4.69) is 30.2 Å². The van der Waals surface area contributed by atoms with Gasteiger partial charge >= 0.3 is 6.09 Å². The molecular weight excluding hydrogens is 390 g/mol. The van der Waals surface area contributed by atoms with Crippen molar-refractivity contribution in [3.05, 3.63) is 52.9 Å². The number of pyridine rings is 1. The largest absolute Gasteiger partial charge is 0.444 e. The Morgan fingerprint density at radius 1 is 1.16 bits per heavy atom. The molecule has 31 heavy (non-hydrogen) atoms. The number of aromatic nitrogens is 1. The number of allylic oxidation sites excluding steroid dienone is 2. The van der Waals surface area contributed by atoms with Crippen LogP contribution < -0.4 is 5.32 Å². The number of nitrogens with one attached hydrogen (secondary N) is 1. The number of rotatable bonds is 4. The molecule has 0 unspecified atom stereocenters. The zero-order valence-electron chi connectivity index (χ0n) is 19.4. The molecule has 1 aliphatic carbocycles. The molecule has 6 heteroatoms. The van der Waals surface area contributed by atoms with Crippen molar-refractivity contribution in [3.8, 4) is 11.1 Å². The van der Waals surface area contributed by atoms with Crippen molar-refractivity contribution in [2.45, 2.75) is 53.1 Å². The number of carbonyl (C=O) groups excluding carboxylic acids is 2. The van der Waals surface area contributed by atoms with Gasteiger partial charge in [0, 0.05) is 37.8 Å². The van der Waals surface area contributed by atoms with Gasteiger partial charge in [-0.3, -0.25) is 15.1 Å². The van der Waals surface area contributed by atoms with Crippen molar-refractivity contribution in [1.82, 2.24) is 9.88 Å². The van der Waals surface area contributed by atoms with Gasteiger partial charge in [-0.05, 0) is 63.5 Å². The van der Waals surface area contributed by atoms with Crippen LogP contribution in [0.5, 0.6) is 0 Å². The average Bonchev–Trinajstić information content (AvgIpc) is 3.00. The standard InChI is InChI=1S/C25H31N3O3/c1-8-18-15(2)11-22-19(18)13-17(14-26-22)16-9-10-21(20(12-16)23(29)28(6)7)27-24(30)31-25(3,4)5/h9-10,12-14H,8,11H2,1-7H3,(H,27,30). The third kappa shape index (κ3) is 4.95. The highest BCUT2D eigenvalue weighted by atomic mass is 16.6. The predicted molar refractivity (Wildman–Crippen MR) is 124 cm³/mol. The fraction of sp³-hybridized carbons (Fsp3) is 0.400. The summed E-state index contributed by atoms with van der Waals surface area (Å²) < 4.78 is 5.35. The Bertz CT molecular complexity index is 1060. The van der Waals surface area contributed by atoms with Gasteiger partial charge in [-0.25, -0.2) is 4.79 Å². The Morgan fingerprint density at radius 2 is 1.87 bits per heavy atom. The molecule has 0 saturated heterocycles. The van der Waals surface area contributed by atoms with Gasteiger partial charge in [0.2, 0.25) is 0 Å². The fourth-order valence-corrected chi connectivity index (χ4v) is 3.80. The topological polar surface area (TPSA) is 71.5 Å². The second kappa shape index (κ2) is 8.53. The summed E-state index contributed by atoms with van der Waals surface area (Å²) in [5.74, 6) is -0.202. The van der Waals surface area contributed by atoms with E-state index < -0.39 is 11.7 Å². The number of anilines is 1. The van der Waals surface area contributed by atoms with Crippen LogP contribution in [0.15, 0.2) is 36.0 Å². The van der Waals surface area contributed by atoms with Crippen LogP contribution in [-0.4, -0.2) is 41.6 Å². The van der Waals surface area contributed by atoms with Crippen LogP contribution in [0.3, 0.4) is 0 Å². The van der Waals surface area contributed by atoms with E-state index in [1.54, 1.807) is 47.0 Å². The second-order valence-corrected chi connectivity index (χ2v) is 9.09. The average molecular weight is 422 g/mol. The van der Waals surface area contributed by atoms with Crippen molar-refractivity contribution in [2.24, 2.45) is 0 Å². The lowest BCUT2D eigenvalue weighted by Crippen LogP contribution is -2.29. The van der Waals surface area contributed by atoms with Gasteiger partial charge in [-0.2, -0.15) is 0 Å². The van der Waals surface area contributed by atoms with Crippen LogP contribution in [-0.2, 0) is 11.2 Å². The molecule has 0 fully saturated rings. The van der Waals surface area contributed by atoms with Crippen LogP contribution in [0, 0.1) is 0 Å². The molecule has 1 aromatic carbocycles.